The van der Waals surface area contributed by atoms with Crippen LogP contribution in [-0.4, -0.2) is 26.2 Å². The Morgan fingerprint density at radius 2 is 2.17 bits per heavy atom. The van der Waals surface area contributed by atoms with E-state index in [4.69, 9.17) is 5.26 Å². The van der Waals surface area contributed by atoms with Crippen molar-refractivity contribution in [2.24, 2.45) is 0 Å². The van der Waals surface area contributed by atoms with E-state index in [0.29, 0.717) is 10.9 Å². The predicted octanol–water partition coefficient (Wildman–Crippen LogP) is 0.994. The second kappa shape index (κ2) is 4.44. The maximum Gasteiger partial charge on any atom is 0.270 e. The summed E-state index contributed by atoms with van der Waals surface area (Å²) >= 11 is 0. The van der Waals surface area contributed by atoms with Crippen LogP contribution in [0.25, 0.3) is 10.9 Å². The molecule has 0 bridgehead atoms. The lowest BCUT2D eigenvalue weighted by Crippen LogP contribution is -2.15. The summed E-state index contributed by atoms with van der Waals surface area (Å²) < 4.78 is 0. The average Bonchev–Trinajstić information content (AvgIpc) is 2.79. The lowest BCUT2D eigenvalue weighted by Gasteiger charge is -2.10. The number of aliphatic hydroxyl groups is 2. The number of rotatable bonds is 3. The molecule has 0 radical (unpaired) electrons. The number of nitro groups is 1. The van der Waals surface area contributed by atoms with Crippen LogP contribution < -0.4 is 0 Å². The number of aliphatic hydroxyl groups excluding tert-OH is 2. The molecule has 1 heterocycles. The normalized spacial score (nSPS) is 14.1. The fraction of sp³-hybridized carbons (Fsp3) is 0.182. The highest BCUT2D eigenvalue weighted by Gasteiger charge is 2.22. The van der Waals surface area contributed by atoms with Crippen molar-refractivity contribution in [2.45, 2.75) is 12.2 Å². The molecule has 2 aromatic rings. The number of nitrogens with zero attached hydrogens (tertiary/aromatic N) is 2. The zero-order valence-corrected chi connectivity index (χ0v) is 9.07. The van der Waals surface area contributed by atoms with Gasteiger partial charge in [0.15, 0.2) is 6.10 Å². The van der Waals surface area contributed by atoms with Gasteiger partial charge in [-0.05, 0) is 6.07 Å². The van der Waals surface area contributed by atoms with Gasteiger partial charge >= 0.3 is 0 Å². The van der Waals surface area contributed by atoms with Crippen LogP contribution in [0.5, 0.6) is 0 Å². The Kier molecular flexibility index (Phi) is 2.97. The second-order valence-electron chi connectivity index (χ2n) is 3.75. The van der Waals surface area contributed by atoms with Crippen LogP contribution in [0.1, 0.15) is 11.7 Å². The first kappa shape index (κ1) is 12.0. The molecule has 1 aromatic heterocycles. The number of aromatic nitrogens is 1. The largest absolute Gasteiger partial charge is 0.384 e. The maximum absolute atomic E-state index is 10.7. The molecule has 0 spiro atoms. The molecule has 1 aromatic carbocycles. The molecule has 3 N–H and O–H groups in total. The number of hydrogen-bond acceptors (Lipinski definition) is 5. The van der Waals surface area contributed by atoms with E-state index >= 15 is 0 Å². The molecule has 2 atom stereocenters. The maximum atomic E-state index is 10.7. The fourth-order valence-electron chi connectivity index (χ4n) is 1.73. The fourth-order valence-corrected chi connectivity index (χ4v) is 1.73. The summed E-state index contributed by atoms with van der Waals surface area (Å²) in [6.07, 6.45) is -1.58. The lowest BCUT2D eigenvalue weighted by molar-refractivity contribution is -0.384. The summed E-state index contributed by atoms with van der Waals surface area (Å²) in [7, 11) is 0. The molecule has 0 saturated carbocycles. The number of benzene rings is 1. The van der Waals surface area contributed by atoms with Gasteiger partial charge in [0.25, 0.3) is 5.69 Å². The minimum Gasteiger partial charge on any atom is -0.384 e. The number of H-pyrrole nitrogens is 1. The summed E-state index contributed by atoms with van der Waals surface area (Å²) in [6, 6.07) is 5.63. The molecule has 0 fully saturated rings. The van der Waals surface area contributed by atoms with E-state index < -0.39 is 17.1 Å². The zero-order chi connectivity index (χ0) is 13.3. The Balaban J connectivity index is 2.55. The Hall–Kier alpha value is -2.43. The minimum absolute atomic E-state index is 0.123. The second-order valence-corrected chi connectivity index (χ2v) is 3.75. The number of nitro benzene ring substituents is 1. The van der Waals surface area contributed by atoms with E-state index in [2.05, 4.69) is 4.98 Å². The van der Waals surface area contributed by atoms with E-state index in [9.17, 15) is 20.3 Å². The Morgan fingerprint density at radius 3 is 2.78 bits per heavy atom. The SMILES string of the molecule is N#CC(O)C(O)c1c[nH]c2ccc([N+](=O)[O-])cc12. The van der Waals surface area contributed by atoms with Crippen LogP contribution in [0.2, 0.25) is 0 Å². The quantitative estimate of drug-likeness (QED) is 0.424. The number of nitrogens with one attached hydrogen (secondary N) is 1. The van der Waals surface area contributed by atoms with E-state index in [1.54, 1.807) is 0 Å². The van der Waals surface area contributed by atoms with Crippen LogP contribution in [-0.2, 0) is 0 Å². The molecular weight excluding hydrogens is 238 g/mol. The number of fused-ring (bicyclic) bond motifs is 1. The number of non-ortho nitro benzene ring substituents is 1. The Labute approximate surface area is 101 Å². The molecule has 7 heteroatoms. The highest BCUT2D eigenvalue weighted by molar-refractivity contribution is 5.85. The molecule has 0 amide bonds. The Bertz CT molecular complexity index is 643. The van der Waals surface area contributed by atoms with Crippen LogP contribution in [0.3, 0.4) is 0 Å². The van der Waals surface area contributed by atoms with Crippen LogP contribution in [0.15, 0.2) is 24.4 Å². The van der Waals surface area contributed by atoms with Gasteiger partial charge in [0.2, 0.25) is 0 Å². The van der Waals surface area contributed by atoms with E-state index in [0.717, 1.165) is 0 Å². The third kappa shape index (κ3) is 1.90. The van der Waals surface area contributed by atoms with Gasteiger partial charge in [-0.25, -0.2) is 0 Å². The molecular formula is C11H9N3O4. The number of aromatic amines is 1. The minimum atomic E-state index is -1.58. The summed E-state index contributed by atoms with van der Waals surface area (Å²) in [4.78, 5) is 12.9. The molecule has 0 aliphatic rings. The van der Waals surface area contributed by atoms with Gasteiger partial charge in [0.05, 0.1) is 11.0 Å². The summed E-state index contributed by atoms with van der Waals surface area (Å²) in [5, 5.41) is 38.6. The standard InChI is InChI=1S/C11H9N3O4/c12-4-10(15)11(16)8-5-13-9-2-1-6(14(17)18)3-7(8)9/h1-3,5,10-11,13,15-16H. The highest BCUT2D eigenvalue weighted by atomic mass is 16.6. The topological polar surface area (TPSA) is 123 Å². The van der Waals surface area contributed by atoms with Gasteiger partial charge in [-0.2, -0.15) is 5.26 Å². The van der Waals surface area contributed by atoms with Crippen molar-refractivity contribution in [1.29, 1.82) is 5.26 Å². The highest BCUT2D eigenvalue weighted by Crippen LogP contribution is 2.29. The van der Waals surface area contributed by atoms with Crippen molar-refractivity contribution in [3.8, 4) is 6.07 Å². The van der Waals surface area contributed by atoms with E-state index in [1.807, 2.05) is 0 Å². The van der Waals surface area contributed by atoms with Gasteiger partial charge in [-0.1, -0.05) is 0 Å². The Morgan fingerprint density at radius 1 is 1.44 bits per heavy atom. The molecule has 7 nitrogen and oxygen atoms in total. The van der Waals surface area contributed by atoms with E-state index in [1.165, 1.54) is 30.5 Å². The van der Waals surface area contributed by atoms with Gasteiger partial charge in [-0.3, -0.25) is 10.1 Å². The zero-order valence-electron chi connectivity index (χ0n) is 9.07. The molecule has 92 valence electrons. The molecule has 2 rings (SSSR count). The van der Waals surface area contributed by atoms with Gasteiger partial charge in [0, 0.05) is 34.8 Å². The van der Waals surface area contributed by atoms with Crippen molar-refractivity contribution in [1.82, 2.24) is 4.98 Å². The first-order chi connectivity index (χ1) is 8.54. The first-order valence-electron chi connectivity index (χ1n) is 5.05. The van der Waals surface area contributed by atoms with Crippen LogP contribution in [0.4, 0.5) is 5.69 Å². The summed E-state index contributed by atoms with van der Waals surface area (Å²) in [5.41, 5.74) is 0.713. The monoisotopic (exact) mass is 247 g/mol. The summed E-state index contributed by atoms with van der Waals surface area (Å²) in [6.45, 7) is 0. The smallest absolute Gasteiger partial charge is 0.270 e. The summed E-state index contributed by atoms with van der Waals surface area (Å²) in [5.74, 6) is 0. The molecule has 2 unspecified atom stereocenters. The van der Waals surface area contributed by atoms with Crippen molar-refractivity contribution in [3.63, 3.8) is 0 Å². The van der Waals surface area contributed by atoms with Crippen molar-refractivity contribution >= 4 is 16.6 Å². The molecule has 0 aliphatic carbocycles. The van der Waals surface area contributed by atoms with Gasteiger partial charge in [0.1, 0.15) is 6.10 Å². The molecule has 0 aliphatic heterocycles. The lowest BCUT2D eigenvalue weighted by atomic mass is 10.0. The van der Waals surface area contributed by atoms with Crippen LogP contribution in [0, 0.1) is 21.4 Å². The number of nitriles is 1. The first-order valence-corrected chi connectivity index (χ1v) is 5.05. The third-order valence-corrected chi connectivity index (χ3v) is 2.66. The average molecular weight is 247 g/mol. The number of hydrogen-bond donors (Lipinski definition) is 3. The van der Waals surface area contributed by atoms with E-state index in [-0.39, 0.29) is 11.3 Å². The van der Waals surface area contributed by atoms with Crippen molar-refractivity contribution in [2.75, 3.05) is 0 Å². The van der Waals surface area contributed by atoms with Gasteiger partial charge in [-0.15, -0.1) is 0 Å². The molecule has 0 saturated heterocycles. The molecule has 18 heavy (non-hydrogen) atoms. The predicted molar refractivity (Wildman–Crippen MR) is 61.5 cm³/mol. The third-order valence-electron chi connectivity index (χ3n) is 2.66. The van der Waals surface area contributed by atoms with Crippen LogP contribution >= 0.6 is 0 Å². The van der Waals surface area contributed by atoms with Gasteiger partial charge < -0.3 is 15.2 Å². The van der Waals surface area contributed by atoms with Crippen molar-refractivity contribution in [3.05, 3.63) is 40.1 Å². The van der Waals surface area contributed by atoms with Crippen molar-refractivity contribution < 1.29 is 15.1 Å².